The minimum atomic E-state index is -0.898. The second kappa shape index (κ2) is 9.64. The summed E-state index contributed by atoms with van der Waals surface area (Å²) in [5.74, 6) is -2.89. The number of hydrogen-bond acceptors (Lipinski definition) is 3. The Bertz CT molecular complexity index is 867. The fourth-order valence-corrected chi connectivity index (χ4v) is 2.68. The van der Waals surface area contributed by atoms with Crippen molar-refractivity contribution in [2.45, 2.75) is 32.7 Å². The van der Waals surface area contributed by atoms with E-state index in [1.165, 1.54) is 18.2 Å². The molecular weight excluding hydrogens is 363 g/mol. The van der Waals surface area contributed by atoms with Gasteiger partial charge in [0.1, 0.15) is 11.9 Å². The number of carbonyl (C=O) groups is 3. The van der Waals surface area contributed by atoms with Gasteiger partial charge in [-0.15, -0.1) is 0 Å². The summed E-state index contributed by atoms with van der Waals surface area (Å²) < 4.78 is 13.8. The maximum absolute atomic E-state index is 13.8. The molecule has 0 fully saturated rings. The molecule has 0 saturated carbocycles. The summed E-state index contributed by atoms with van der Waals surface area (Å²) >= 11 is 0. The highest BCUT2D eigenvalue weighted by Crippen LogP contribution is 2.15. The zero-order chi connectivity index (χ0) is 20.7. The maximum atomic E-state index is 13.8. The number of rotatable bonds is 8. The van der Waals surface area contributed by atoms with E-state index in [1.807, 2.05) is 0 Å². The Hall–Kier alpha value is -3.22. The van der Waals surface area contributed by atoms with E-state index in [9.17, 15) is 18.8 Å². The molecule has 0 aliphatic rings. The second-order valence-corrected chi connectivity index (χ2v) is 6.76. The fourth-order valence-electron chi connectivity index (χ4n) is 2.68. The van der Waals surface area contributed by atoms with Crippen molar-refractivity contribution in [1.29, 1.82) is 0 Å². The molecule has 2 aromatic carbocycles. The Morgan fingerprint density at radius 2 is 1.79 bits per heavy atom. The molecule has 2 amide bonds. The van der Waals surface area contributed by atoms with Crippen LogP contribution in [0.1, 0.15) is 36.2 Å². The van der Waals surface area contributed by atoms with Crippen LogP contribution in [0.3, 0.4) is 0 Å². The monoisotopic (exact) mass is 386 g/mol. The van der Waals surface area contributed by atoms with Gasteiger partial charge in [-0.2, -0.15) is 0 Å². The van der Waals surface area contributed by atoms with Crippen LogP contribution in [0.5, 0.6) is 0 Å². The summed E-state index contributed by atoms with van der Waals surface area (Å²) in [7, 11) is 0. The third-order valence-corrected chi connectivity index (χ3v) is 4.18. The molecule has 0 aromatic heterocycles. The number of aryl methyl sites for hydroxylation is 1. The maximum Gasteiger partial charge on any atom is 0.303 e. The highest BCUT2D eigenvalue weighted by Gasteiger charge is 2.25. The van der Waals surface area contributed by atoms with Crippen LogP contribution < -0.4 is 10.6 Å². The van der Waals surface area contributed by atoms with Gasteiger partial charge in [-0.25, -0.2) is 4.39 Å². The first-order valence-electron chi connectivity index (χ1n) is 8.95. The third-order valence-electron chi connectivity index (χ3n) is 4.18. The van der Waals surface area contributed by atoms with E-state index in [2.05, 4.69) is 10.6 Å². The number of aliphatic carboxylic acids is 1. The Labute approximate surface area is 162 Å². The highest BCUT2D eigenvalue weighted by molar-refractivity contribution is 6.01. The number of carboxylic acids is 1. The molecule has 1 atom stereocenters. The number of carboxylic acid groups (broad SMARTS) is 1. The first-order valence-corrected chi connectivity index (χ1v) is 8.95. The van der Waals surface area contributed by atoms with Gasteiger partial charge in [-0.1, -0.05) is 38.1 Å². The van der Waals surface area contributed by atoms with Crippen molar-refractivity contribution in [2.24, 2.45) is 5.92 Å². The van der Waals surface area contributed by atoms with Gasteiger partial charge in [0.25, 0.3) is 5.91 Å². The average molecular weight is 386 g/mol. The van der Waals surface area contributed by atoms with Crippen LogP contribution in [-0.4, -0.2) is 28.9 Å². The van der Waals surface area contributed by atoms with Gasteiger partial charge in [0.05, 0.1) is 5.56 Å². The van der Waals surface area contributed by atoms with Gasteiger partial charge in [-0.3, -0.25) is 14.4 Å². The van der Waals surface area contributed by atoms with Crippen molar-refractivity contribution in [1.82, 2.24) is 5.32 Å². The van der Waals surface area contributed by atoms with Crippen molar-refractivity contribution in [2.75, 3.05) is 5.32 Å². The van der Waals surface area contributed by atoms with Crippen molar-refractivity contribution < 1.29 is 23.9 Å². The predicted octanol–water partition coefficient (Wildman–Crippen LogP) is 3.24. The van der Waals surface area contributed by atoms with Gasteiger partial charge < -0.3 is 15.7 Å². The minimum absolute atomic E-state index is 0.00921. The van der Waals surface area contributed by atoms with Crippen LogP contribution in [0.25, 0.3) is 0 Å². The zero-order valence-corrected chi connectivity index (χ0v) is 15.7. The van der Waals surface area contributed by atoms with E-state index < -0.39 is 29.6 Å². The van der Waals surface area contributed by atoms with Crippen molar-refractivity contribution in [3.63, 3.8) is 0 Å². The van der Waals surface area contributed by atoms with E-state index in [0.717, 1.165) is 5.56 Å². The van der Waals surface area contributed by atoms with E-state index in [1.54, 1.807) is 44.2 Å². The Morgan fingerprint density at radius 1 is 1.07 bits per heavy atom. The zero-order valence-electron chi connectivity index (χ0n) is 15.7. The molecule has 0 aliphatic heterocycles. The van der Waals surface area contributed by atoms with Crippen LogP contribution in [0.4, 0.5) is 10.1 Å². The van der Waals surface area contributed by atoms with E-state index in [0.29, 0.717) is 12.1 Å². The summed E-state index contributed by atoms with van der Waals surface area (Å²) in [5, 5.41) is 14.1. The number of amides is 2. The Balaban J connectivity index is 2.09. The lowest BCUT2D eigenvalue weighted by molar-refractivity contribution is -0.137. The number of halogens is 1. The summed E-state index contributed by atoms with van der Waals surface area (Å²) in [4.78, 5) is 35.7. The fraction of sp³-hybridized carbons (Fsp3) is 0.286. The van der Waals surface area contributed by atoms with Crippen molar-refractivity contribution >= 4 is 23.5 Å². The lowest BCUT2D eigenvalue weighted by Gasteiger charge is -2.22. The van der Waals surface area contributed by atoms with E-state index >= 15 is 0 Å². The van der Waals surface area contributed by atoms with Crippen LogP contribution in [-0.2, 0) is 16.0 Å². The molecule has 148 valence electrons. The van der Waals surface area contributed by atoms with Gasteiger partial charge in [0.15, 0.2) is 0 Å². The molecule has 28 heavy (non-hydrogen) atoms. The molecule has 0 saturated heterocycles. The summed E-state index contributed by atoms with van der Waals surface area (Å²) in [5.41, 5.74) is 1.15. The van der Waals surface area contributed by atoms with E-state index in [-0.39, 0.29) is 17.9 Å². The summed E-state index contributed by atoms with van der Waals surface area (Å²) in [6.45, 7) is 3.55. The standard InChI is InChI=1S/C21H23FN2O4/c1-13(2)19(24-20(27)16-8-3-4-9-17(16)22)21(28)23-15-7-5-6-14(12-15)10-11-18(25)26/h3-9,12-13,19H,10-11H2,1-2H3,(H,23,28)(H,24,27)(H,25,26). The molecule has 0 radical (unpaired) electrons. The first kappa shape index (κ1) is 21.1. The van der Waals surface area contributed by atoms with E-state index in [4.69, 9.17) is 5.11 Å². The smallest absolute Gasteiger partial charge is 0.303 e. The summed E-state index contributed by atoms with van der Waals surface area (Å²) in [6, 6.07) is 11.6. The molecular formula is C21H23FN2O4. The number of carbonyl (C=O) groups excluding carboxylic acids is 2. The molecule has 2 aromatic rings. The normalized spacial score (nSPS) is 11.7. The van der Waals surface area contributed by atoms with Crippen molar-refractivity contribution in [3.05, 3.63) is 65.5 Å². The van der Waals surface area contributed by atoms with Crippen LogP contribution in [0.15, 0.2) is 48.5 Å². The predicted molar refractivity (Wildman–Crippen MR) is 104 cm³/mol. The quantitative estimate of drug-likeness (QED) is 0.649. The SMILES string of the molecule is CC(C)C(NC(=O)c1ccccc1F)C(=O)Nc1cccc(CCC(=O)O)c1. The minimum Gasteiger partial charge on any atom is -0.481 e. The molecule has 0 bridgehead atoms. The van der Waals surface area contributed by atoms with Crippen LogP contribution >= 0.6 is 0 Å². The number of hydrogen-bond donors (Lipinski definition) is 3. The van der Waals surface area contributed by atoms with Crippen LogP contribution in [0.2, 0.25) is 0 Å². The molecule has 7 heteroatoms. The van der Waals surface area contributed by atoms with Gasteiger partial charge in [0, 0.05) is 12.1 Å². The first-order chi connectivity index (χ1) is 13.3. The molecule has 0 spiro atoms. The highest BCUT2D eigenvalue weighted by atomic mass is 19.1. The molecule has 0 heterocycles. The Kier molecular flexibility index (Phi) is 7.26. The molecule has 6 nitrogen and oxygen atoms in total. The molecule has 2 rings (SSSR count). The number of benzene rings is 2. The van der Waals surface area contributed by atoms with Crippen molar-refractivity contribution in [3.8, 4) is 0 Å². The number of anilines is 1. The van der Waals surface area contributed by atoms with Crippen LogP contribution in [0, 0.1) is 11.7 Å². The lowest BCUT2D eigenvalue weighted by atomic mass is 10.0. The second-order valence-electron chi connectivity index (χ2n) is 6.76. The average Bonchev–Trinajstić information content (AvgIpc) is 2.64. The van der Waals surface area contributed by atoms with Gasteiger partial charge >= 0.3 is 5.97 Å². The Morgan fingerprint density at radius 3 is 2.43 bits per heavy atom. The molecule has 0 aliphatic carbocycles. The number of nitrogens with one attached hydrogen (secondary N) is 2. The van der Waals surface area contributed by atoms with Gasteiger partial charge in [-0.05, 0) is 42.2 Å². The molecule has 1 unspecified atom stereocenters. The lowest BCUT2D eigenvalue weighted by Crippen LogP contribution is -2.47. The molecule has 3 N–H and O–H groups in total. The summed E-state index contributed by atoms with van der Waals surface area (Å²) in [6.07, 6.45) is 0.335. The largest absolute Gasteiger partial charge is 0.481 e. The third kappa shape index (κ3) is 5.90. The van der Waals surface area contributed by atoms with Gasteiger partial charge in [0.2, 0.25) is 5.91 Å². The topological polar surface area (TPSA) is 95.5 Å².